The lowest BCUT2D eigenvalue weighted by Crippen LogP contribution is -2.62. The van der Waals surface area contributed by atoms with Crippen molar-refractivity contribution < 1.29 is 4.74 Å². The Labute approximate surface area is 68.3 Å². The molecule has 0 radical (unpaired) electrons. The molecule has 0 aromatic heterocycles. The van der Waals surface area contributed by atoms with Gasteiger partial charge in [-0.05, 0) is 26.8 Å². The van der Waals surface area contributed by atoms with Crippen LogP contribution < -0.4 is 11.1 Å². The molecule has 0 aliphatic carbocycles. The van der Waals surface area contributed by atoms with Crippen molar-refractivity contribution in [1.29, 1.82) is 0 Å². The number of nitrogens with two attached hydrogens (primary N) is 1. The first-order chi connectivity index (χ1) is 5.18. The van der Waals surface area contributed by atoms with Gasteiger partial charge in [0.05, 0.1) is 11.7 Å². The number of rotatable bonds is 4. The molecule has 1 aliphatic rings. The molecule has 66 valence electrons. The van der Waals surface area contributed by atoms with Gasteiger partial charge in [-0.15, -0.1) is 0 Å². The van der Waals surface area contributed by atoms with Crippen molar-refractivity contribution in [2.75, 3.05) is 19.6 Å². The van der Waals surface area contributed by atoms with Gasteiger partial charge in [-0.1, -0.05) is 0 Å². The van der Waals surface area contributed by atoms with E-state index < -0.39 is 0 Å². The van der Waals surface area contributed by atoms with Crippen LogP contribution in [0.4, 0.5) is 0 Å². The molecular formula is C8H18N2O. The number of hydrogen-bond acceptors (Lipinski definition) is 3. The van der Waals surface area contributed by atoms with Crippen molar-refractivity contribution in [3.8, 4) is 0 Å². The second-order valence-corrected chi connectivity index (χ2v) is 3.49. The van der Waals surface area contributed by atoms with E-state index in [9.17, 15) is 0 Å². The zero-order chi connectivity index (χ0) is 8.32. The number of hydrogen-bond donors (Lipinski definition) is 2. The smallest absolute Gasteiger partial charge is 0.0945 e. The lowest BCUT2D eigenvalue weighted by Gasteiger charge is -2.43. The molecular weight excluding hydrogens is 140 g/mol. The highest BCUT2D eigenvalue weighted by Gasteiger charge is 2.37. The lowest BCUT2D eigenvalue weighted by atomic mass is 9.92. The van der Waals surface area contributed by atoms with E-state index in [2.05, 4.69) is 19.2 Å². The fourth-order valence-corrected chi connectivity index (χ4v) is 1.49. The molecule has 1 rings (SSSR count). The molecule has 0 aromatic rings. The van der Waals surface area contributed by atoms with Crippen LogP contribution in [-0.2, 0) is 4.74 Å². The summed E-state index contributed by atoms with van der Waals surface area (Å²) >= 11 is 0. The highest BCUT2D eigenvalue weighted by molar-refractivity contribution is 4.95. The van der Waals surface area contributed by atoms with Gasteiger partial charge in [0.1, 0.15) is 0 Å². The summed E-state index contributed by atoms with van der Waals surface area (Å²) in [5.41, 5.74) is 5.55. The Hall–Kier alpha value is -0.120. The molecule has 1 saturated heterocycles. The van der Waals surface area contributed by atoms with Gasteiger partial charge >= 0.3 is 0 Å². The molecule has 3 N–H and O–H groups in total. The fraction of sp³-hybridized carbons (Fsp3) is 1.00. The molecule has 11 heavy (non-hydrogen) atoms. The normalized spacial score (nSPS) is 21.8. The molecule has 1 aliphatic heterocycles. The van der Waals surface area contributed by atoms with Crippen LogP contribution in [0.25, 0.3) is 0 Å². The van der Waals surface area contributed by atoms with Crippen LogP contribution in [0.3, 0.4) is 0 Å². The Morgan fingerprint density at radius 3 is 2.45 bits per heavy atom. The van der Waals surface area contributed by atoms with E-state index in [1.165, 1.54) is 0 Å². The molecule has 0 amide bonds. The predicted octanol–water partition coefficient (Wildman–Crippen LogP) is 0.102. The van der Waals surface area contributed by atoms with E-state index in [1.54, 1.807) is 0 Å². The van der Waals surface area contributed by atoms with Crippen LogP contribution in [-0.4, -0.2) is 31.3 Å². The number of ether oxygens (including phenoxy) is 1. The largest absolute Gasteiger partial charge is 0.370 e. The topological polar surface area (TPSA) is 47.3 Å². The zero-order valence-electron chi connectivity index (χ0n) is 7.39. The maximum Gasteiger partial charge on any atom is 0.0945 e. The molecule has 0 saturated carbocycles. The Kier molecular flexibility index (Phi) is 2.87. The van der Waals surface area contributed by atoms with E-state index in [0.29, 0.717) is 12.6 Å². The first kappa shape index (κ1) is 8.97. The van der Waals surface area contributed by atoms with Crippen molar-refractivity contribution in [3.63, 3.8) is 0 Å². The van der Waals surface area contributed by atoms with Gasteiger partial charge in [-0.3, -0.25) is 0 Å². The zero-order valence-corrected chi connectivity index (χ0v) is 7.39. The molecule has 1 heterocycles. The summed E-state index contributed by atoms with van der Waals surface area (Å²) in [4.78, 5) is 0. The van der Waals surface area contributed by atoms with E-state index in [1.807, 2.05) is 0 Å². The van der Waals surface area contributed by atoms with Gasteiger partial charge in [0, 0.05) is 13.1 Å². The Bertz CT molecular complexity index is 121. The third kappa shape index (κ3) is 2.15. The standard InChI is InChI=1S/C8H18N2O/c1-7(2)11-8(3-4-9)5-10-6-8/h7,10H,3-6,9H2,1-2H3. The van der Waals surface area contributed by atoms with Crippen molar-refractivity contribution in [1.82, 2.24) is 5.32 Å². The fourth-order valence-electron chi connectivity index (χ4n) is 1.49. The average molecular weight is 158 g/mol. The lowest BCUT2D eigenvalue weighted by molar-refractivity contribution is -0.113. The molecule has 0 unspecified atom stereocenters. The van der Waals surface area contributed by atoms with Gasteiger partial charge in [0.25, 0.3) is 0 Å². The minimum atomic E-state index is 0.0584. The summed E-state index contributed by atoms with van der Waals surface area (Å²) < 4.78 is 5.77. The van der Waals surface area contributed by atoms with Crippen molar-refractivity contribution in [2.24, 2.45) is 5.73 Å². The average Bonchev–Trinajstić information content (AvgIpc) is 1.82. The van der Waals surface area contributed by atoms with Crippen LogP contribution in [0.2, 0.25) is 0 Å². The Morgan fingerprint density at radius 1 is 1.55 bits per heavy atom. The van der Waals surface area contributed by atoms with Crippen molar-refractivity contribution in [2.45, 2.75) is 32.0 Å². The third-order valence-electron chi connectivity index (χ3n) is 1.98. The second kappa shape index (κ2) is 3.52. The van der Waals surface area contributed by atoms with Gasteiger partial charge in [0.15, 0.2) is 0 Å². The van der Waals surface area contributed by atoms with Crippen LogP contribution in [0.15, 0.2) is 0 Å². The van der Waals surface area contributed by atoms with E-state index >= 15 is 0 Å². The summed E-state index contributed by atoms with van der Waals surface area (Å²) in [5, 5.41) is 3.21. The summed E-state index contributed by atoms with van der Waals surface area (Å²) in [5.74, 6) is 0. The molecule has 3 nitrogen and oxygen atoms in total. The van der Waals surface area contributed by atoms with Gasteiger partial charge < -0.3 is 15.8 Å². The van der Waals surface area contributed by atoms with E-state index in [4.69, 9.17) is 10.5 Å². The summed E-state index contributed by atoms with van der Waals surface area (Å²) in [6.45, 7) is 6.77. The number of nitrogens with one attached hydrogen (secondary N) is 1. The maximum absolute atomic E-state index is 5.77. The second-order valence-electron chi connectivity index (χ2n) is 3.49. The van der Waals surface area contributed by atoms with Crippen LogP contribution >= 0.6 is 0 Å². The van der Waals surface area contributed by atoms with Crippen LogP contribution in [0, 0.1) is 0 Å². The highest BCUT2D eigenvalue weighted by atomic mass is 16.5. The minimum absolute atomic E-state index is 0.0584. The first-order valence-corrected chi connectivity index (χ1v) is 4.27. The van der Waals surface area contributed by atoms with Crippen LogP contribution in [0.5, 0.6) is 0 Å². The van der Waals surface area contributed by atoms with Gasteiger partial charge in [-0.25, -0.2) is 0 Å². The Morgan fingerprint density at radius 2 is 2.18 bits per heavy atom. The highest BCUT2D eigenvalue weighted by Crippen LogP contribution is 2.22. The molecule has 1 fully saturated rings. The van der Waals surface area contributed by atoms with E-state index in [0.717, 1.165) is 19.5 Å². The maximum atomic E-state index is 5.77. The third-order valence-corrected chi connectivity index (χ3v) is 1.98. The summed E-state index contributed by atoms with van der Waals surface area (Å²) in [7, 11) is 0. The molecule has 0 aromatic carbocycles. The summed E-state index contributed by atoms with van der Waals surface area (Å²) in [6, 6.07) is 0. The van der Waals surface area contributed by atoms with Crippen molar-refractivity contribution in [3.05, 3.63) is 0 Å². The first-order valence-electron chi connectivity index (χ1n) is 4.27. The summed E-state index contributed by atoms with van der Waals surface area (Å²) in [6.07, 6.45) is 1.28. The quantitative estimate of drug-likeness (QED) is 0.610. The van der Waals surface area contributed by atoms with E-state index in [-0.39, 0.29) is 5.60 Å². The molecule has 0 spiro atoms. The molecule has 3 heteroatoms. The van der Waals surface area contributed by atoms with Crippen molar-refractivity contribution >= 4 is 0 Å². The van der Waals surface area contributed by atoms with Crippen LogP contribution in [0.1, 0.15) is 20.3 Å². The minimum Gasteiger partial charge on any atom is -0.370 e. The van der Waals surface area contributed by atoms with Gasteiger partial charge in [0.2, 0.25) is 0 Å². The Balaban J connectivity index is 2.33. The monoisotopic (exact) mass is 158 g/mol. The molecule has 0 atom stereocenters. The molecule has 0 bridgehead atoms. The predicted molar refractivity (Wildman–Crippen MR) is 45.5 cm³/mol. The SMILES string of the molecule is CC(C)OC1(CCN)CNC1. The van der Waals surface area contributed by atoms with Gasteiger partial charge in [-0.2, -0.15) is 0 Å².